The second kappa shape index (κ2) is 8.68. The first-order valence-corrected chi connectivity index (χ1v) is 8.66. The predicted molar refractivity (Wildman–Crippen MR) is 99.0 cm³/mol. The van der Waals surface area contributed by atoms with Gasteiger partial charge in [-0.15, -0.1) is 10.2 Å². The third-order valence-corrected chi connectivity index (χ3v) is 4.16. The van der Waals surface area contributed by atoms with Crippen molar-refractivity contribution in [3.05, 3.63) is 77.5 Å². The molecule has 1 heterocycles. The number of esters is 1. The van der Waals surface area contributed by atoms with Crippen LogP contribution in [0.4, 0.5) is 8.78 Å². The average molecular weight is 417 g/mol. The zero-order valence-electron chi connectivity index (χ0n) is 16.0. The lowest BCUT2D eigenvalue weighted by atomic mass is 10.1. The number of hydrogen-bond acceptors (Lipinski definition) is 7. The Balaban J connectivity index is 1.86. The number of carbonyl (C=O) groups is 2. The van der Waals surface area contributed by atoms with Crippen molar-refractivity contribution in [3.63, 3.8) is 0 Å². The van der Waals surface area contributed by atoms with Crippen LogP contribution < -0.4 is 10.1 Å². The Morgan fingerprint density at radius 1 is 1.03 bits per heavy atom. The molecule has 30 heavy (non-hydrogen) atoms. The van der Waals surface area contributed by atoms with Crippen LogP contribution in [0, 0.1) is 0 Å². The Morgan fingerprint density at radius 3 is 2.30 bits per heavy atom. The Kier molecular flexibility index (Phi) is 6.05. The van der Waals surface area contributed by atoms with Crippen LogP contribution in [0.25, 0.3) is 0 Å². The molecule has 0 saturated carbocycles. The lowest BCUT2D eigenvalue weighted by Crippen LogP contribution is -2.34. The van der Waals surface area contributed by atoms with Gasteiger partial charge in [-0.25, -0.2) is 4.79 Å². The predicted octanol–water partition coefficient (Wildman–Crippen LogP) is 2.86. The molecule has 0 aliphatic rings. The molecule has 0 aliphatic heterocycles. The van der Waals surface area contributed by atoms with E-state index >= 15 is 0 Å². The molecule has 2 aromatic carbocycles. The summed E-state index contributed by atoms with van der Waals surface area (Å²) in [6.07, 6.45) is 0. The molecule has 0 aliphatic carbocycles. The monoisotopic (exact) mass is 417 g/mol. The highest BCUT2D eigenvalue weighted by Crippen LogP contribution is 2.35. The molecule has 0 spiro atoms. The van der Waals surface area contributed by atoms with Crippen LogP contribution in [0.3, 0.4) is 0 Å². The second-order valence-corrected chi connectivity index (χ2v) is 6.04. The van der Waals surface area contributed by atoms with Crippen molar-refractivity contribution in [1.82, 2.24) is 15.5 Å². The zero-order valence-corrected chi connectivity index (χ0v) is 16.0. The molecule has 0 saturated heterocycles. The molecule has 3 aromatic rings. The first kappa shape index (κ1) is 20.9. The largest absolute Gasteiger partial charge is 0.497 e. The summed E-state index contributed by atoms with van der Waals surface area (Å²) in [7, 11) is 2.55. The van der Waals surface area contributed by atoms with Gasteiger partial charge in [0.05, 0.1) is 14.2 Å². The highest BCUT2D eigenvalue weighted by atomic mass is 19.3. The first-order chi connectivity index (χ1) is 14.4. The van der Waals surface area contributed by atoms with E-state index in [1.807, 2.05) is 0 Å². The minimum Gasteiger partial charge on any atom is -0.497 e. The lowest BCUT2D eigenvalue weighted by Gasteiger charge is -2.14. The van der Waals surface area contributed by atoms with Gasteiger partial charge < -0.3 is 19.2 Å². The summed E-state index contributed by atoms with van der Waals surface area (Å²) < 4.78 is 44.0. The fourth-order valence-corrected chi connectivity index (χ4v) is 2.55. The normalized spacial score (nSPS) is 12.1. The number of hydrogen-bond donors (Lipinski definition) is 1. The van der Waals surface area contributed by atoms with Crippen molar-refractivity contribution in [3.8, 4) is 5.75 Å². The molecule has 1 atom stereocenters. The number of nitrogens with zero attached hydrogens (tertiary/aromatic N) is 2. The standard InChI is InChI=1S/C20H17F2N3O5/c1-28-14-10-8-12(9-11-14)16(26)23-15(18(27)29-2)17-24-25-19(30-17)20(21,22)13-6-4-3-5-7-13/h3-11,15H,1-2H3,(H,23,26)/t15-/m1/s1. The fraction of sp³-hybridized carbons (Fsp3) is 0.200. The van der Waals surface area contributed by atoms with Crippen LogP contribution in [0.5, 0.6) is 5.75 Å². The molecule has 10 heteroatoms. The molecular formula is C20H17F2N3O5. The van der Waals surface area contributed by atoms with Gasteiger partial charge in [-0.1, -0.05) is 30.3 Å². The molecule has 156 valence electrons. The molecule has 0 fully saturated rings. The molecule has 8 nitrogen and oxygen atoms in total. The van der Waals surface area contributed by atoms with Crippen molar-refractivity contribution >= 4 is 11.9 Å². The summed E-state index contributed by atoms with van der Waals surface area (Å²) in [5, 5.41) is 9.23. The SMILES string of the molecule is COC(=O)[C@H](NC(=O)c1ccc(OC)cc1)c1nnc(C(F)(F)c2ccccc2)o1. The highest BCUT2D eigenvalue weighted by Gasteiger charge is 2.42. The van der Waals surface area contributed by atoms with Crippen LogP contribution in [0.15, 0.2) is 59.0 Å². The summed E-state index contributed by atoms with van der Waals surface area (Å²) in [6, 6.07) is 11.3. The Labute approximate surface area is 169 Å². The highest BCUT2D eigenvalue weighted by molar-refractivity contribution is 5.96. The maximum atomic E-state index is 14.6. The lowest BCUT2D eigenvalue weighted by molar-refractivity contribution is -0.143. The smallest absolute Gasteiger partial charge is 0.349 e. The maximum Gasteiger partial charge on any atom is 0.349 e. The van der Waals surface area contributed by atoms with E-state index in [1.165, 1.54) is 43.5 Å². The van der Waals surface area contributed by atoms with Crippen LogP contribution in [0.1, 0.15) is 33.7 Å². The molecule has 1 aromatic heterocycles. The van der Waals surface area contributed by atoms with E-state index < -0.39 is 35.6 Å². The number of nitrogens with one attached hydrogen (secondary N) is 1. The fourth-order valence-electron chi connectivity index (χ4n) is 2.55. The van der Waals surface area contributed by atoms with Crippen molar-refractivity contribution < 1.29 is 32.3 Å². The van der Waals surface area contributed by atoms with E-state index in [0.717, 1.165) is 7.11 Å². The Bertz CT molecular complexity index is 1020. The minimum absolute atomic E-state index is 0.194. The molecular weight excluding hydrogens is 400 g/mol. The van der Waals surface area contributed by atoms with Gasteiger partial charge in [0.2, 0.25) is 6.04 Å². The number of alkyl halides is 2. The topological polar surface area (TPSA) is 104 Å². The van der Waals surface area contributed by atoms with Crippen LogP contribution in [-0.2, 0) is 15.5 Å². The summed E-state index contributed by atoms with van der Waals surface area (Å²) in [4.78, 5) is 24.6. The van der Waals surface area contributed by atoms with E-state index in [1.54, 1.807) is 18.2 Å². The minimum atomic E-state index is -3.59. The van der Waals surface area contributed by atoms with Crippen molar-refractivity contribution in [2.75, 3.05) is 14.2 Å². The van der Waals surface area contributed by atoms with E-state index in [4.69, 9.17) is 9.15 Å². The number of carbonyl (C=O) groups excluding carboxylic acids is 2. The number of halogens is 2. The van der Waals surface area contributed by atoms with E-state index in [-0.39, 0.29) is 11.1 Å². The van der Waals surface area contributed by atoms with Gasteiger partial charge in [-0.3, -0.25) is 4.79 Å². The molecule has 0 unspecified atom stereocenters. The first-order valence-electron chi connectivity index (χ1n) is 8.66. The maximum absolute atomic E-state index is 14.6. The van der Waals surface area contributed by atoms with Gasteiger partial charge in [0.25, 0.3) is 17.7 Å². The molecule has 1 N–H and O–H groups in total. The molecule has 3 rings (SSSR count). The quantitative estimate of drug-likeness (QED) is 0.590. The van der Waals surface area contributed by atoms with Gasteiger partial charge in [0.15, 0.2) is 0 Å². The third-order valence-electron chi connectivity index (χ3n) is 4.16. The van der Waals surface area contributed by atoms with Crippen LogP contribution in [-0.4, -0.2) is 36.3 Å². The van der Waals surface area contributed by atoms with Gasteiger partial charge in [-0.2, -0.15) is 8.78 Å². The zero-order chi connectivity index (χ0) is 21.7. The van der Waals surface area contributed by atoms with Crippen molar-refractivity contribution in [2.24, 2.45) is 0 Å². The summed E-state index contributed by atoms with van der Waals surface area (Å²) in [6.45, 7) is 0. The number of amides is 1. The number of methoxy groups -OCH3 is 2. The van der Waals surface area contributed by atoms with Gasteiger partial charge in [0, 0.05) is 11.1 Å². The average Bonchev–Trinajstić information content (AvgIpc) is 3.28. The molecule has 0 bridgehead atoms. The van der Waals surface area contributed by atoms with Crippen LogP contribution in [0.2, 0.25) is 0 Å². The van der Waals surface area contributed by atoms with E-state index in [9.17, 15) is 18.4 Å². The van der Waals surface area contributed by atoms with Crippen LogP contribution >= 0.6 is 0 Å². The number of ether oxygens (including phenoxy) is 2. The van der Waals surface area contributed by atoms with E-state index in [2.05, 4.69) is 20.3 Å². The summed E-state index contributed by atoms with van der Waals surface area (Å²) in [5.41, 5.74) is -0.170. The van der Waals surface area contributed by atoms with Gasteiger partial charge >= 0.3 is 11.9 Å². The third kappa shape index (κ3) is 4.27. The second-order valence-electron chi connectivity index (χ2n) is 6.04. The van der Waals surface area contributed by atoms with Gasteiger partial charge in [-0.05, 0) is 24.3 Å². The summed E-state index contributed by atoms with van der Waals surface area (Å²) >= 11 is 0. The number of rotatable bonds is 7. The Hall–Kier alpha value is -3.82. The van der Waals surface area contributed by atoms with Crippen molar-refractivity contribution in [1.29, 1.82) is 0 Å². The summed E-state index contributed by atoms with van der Waals surface area (Å²) in [5.74, 6) is -6.25. The Morgan fingerprint density at radius 2 is 1.70 bits per heavy atom. The van der Waals surface area contributed by atoms with Crippen molar-refractivity contribution in [2.45, 2.75) is 12.0 Å². The molecule has 1 amide bonds. The van der Waals surface area contributed by atoms with Gasteiger partial charge in [0.1, 0.15) is 5.75 Å². The number of aromatic nitrogens is 2. The van der Waals surface area contributed by atoms with E-state index in [0.29, 0.717) is 5.75 Å². The number of benzene rings is 2. The molecule has 0 radical (unpaired) electrons.